The van der Waals surface area contributed by atoms with Gasteiger partial charge in [0.2, 0.25) is 0 Å². The standard InChI is InChI=1S/C20H23N3O3S2/c1-14-5-6-15(25-2)17-18(14)28-20(21-17)23(19(24)16-4-3-13-27-16)8-7-22-9-11-26-12-10-22/h3-6,13H,7-12H2,1-2H3. The van der Waals surface area contributed by atoms with E-state index in [1.807, 2.05) is 34.5 Å². The highest BCUT2D eigenvalue weighted by atomic mass is 32.1. The summed E-state index contributed by atoms with van der Waals surface area (Å²) in [6.07, 6.45) is 0. The van der Waals surface area contributed by atoms with Crippen LogP contribution >= 0.6 is 22.7 Å². The molecule has 0 spiro atoms. The fourth-order valence-electron chi connectivity index (χ4n) is 3.26. The Labute approximate surface area is 172 Å². The number of nitrogens with zero attached hydrogens (tertiary/aromatic N) is 3. The van der Waals surface area contributed by atoms with Gasteiger partial charge < -0.3 is 9.47 Å². The van der Waals surface area contributed by atoms with E-state index < -0.39 is 0 Å². The number of rotatable bonds is 6. The summed E-state index contributed by atoms with van der Waals surface area (Å²) in [5.74, 6) is 0.735. The molecule has 8 heteroatoms. The third kappa shape index (κ3) is 3.91. The maximum atomic E-state index is 13.2. The number of fused-ring (bicyclic) bond motifs is 1. The van der Waals surface area contributed by atoms with Gasteiger partial charge in [-0.1, -0.05) is 23.5 Å². The number of thiophene rings is 1. The minimum absolute atomic E-state index is 0.000986. The normalized spacial score (nSPS) is 15.1. The van der Waals surface area contributed by atoms with Gasteiger partial charge in [-0.3, -0.25) is 14.6 Å². The first-order valence-electron chi connectivity index (χ1n) is 9.27. The van der Waals surface area contributed by atoms with Gasteiger partial charge in [-0.25, -0.2) is 4.98 Å². The number of hydrogen-bond acceptors (Lipinski definition) is 7. The van der Waals surface area contributed by atoms with Crippen molar-refractivity contribution in [1.82, 2.24) is 9.88 Å². The van der Waals surface area contributed by atoms with E-state index in [9.17, 15) is 4.79 Å². The molecule has 6 nitrogen and oxygen atoms in total. The lowest BCUT2D eigenvalue weighted by Crippen LogP contribution is -2.43. The van der Waals surface area contributed by atoms with Crippen molar-refractivity contribution in [3.8, 4) is 5.75 Å². The first-order valence-corrected chi connectivity index (χ1v) is 11.0. The predicted molar refractivity (Wildman–Crippen MR) is 114 cm³/mol. The van der Waals surface area contributed by atoms with Crippen molar-refractivity contribution in [2.45, 2.75) is 6.92 Å². The molecular weight excluding hydrogens is 394 g/mol. The number of methoxy groups -OCH3 is 1. The zero-order valence-corrected chi connectivity index (χ0v) is 17.6. The molecule has 0 atom stereocenters. The first-order chi connectivity index (χ1) is 13.7. The number of carbonyl (C=O) groups excluding carboxylic acids is 1. The van der Waals surface area contributed by atoms with E-state index in [0.717, 1.165) is 59.3 Å². The molecule has 148 valence electrons. The minimum Gasteiger partial charge on any atom is -0.494 e. The van der Waals surface area contributed by atoms with Crippen LogP contribution in [0.5, 0.6) is 5.75 Å². The van der Waals surface area contributed by atoms with Gasteiger partial charge in [0.05, 0.1) is 29.9 Å². The molecule has 28 heavy (non-hydrogen) atoms. The molecule has 1 aliphatic rings. The number of anilines is 1. The van der Waals surface area contributed by atoms with Gasteiger partial charge in [-0.2, -0.15) is 0 Å². The smallest absolute Gasteiger partial charge is 0.270 e. The summed E-state index contributed by atoms with van der Waals surface area (Å²) in [6.45, 7) is 6.74. The Balaban J connectivity index is 1.67. The molecule has 3 heterocycles. The molecule has 1 aromatic carbocycles. The van der Waals surface area contributed by atoms with Crippen LogP contribution < -0.4 is 9.64 Å². The lowest BCUT2D eigenvalue weighted by molar-refractivity contribution is 0.0391. The van der Waals surface area contributed by atoms with Crippen LogP contribution in [-0.4, -0.2) is 62.3 Å². The zero-order valence-electron chi connectivity index (χ0n) is 16.0. The molecule has 0 aliphatic carbocycles. The SMILES string of the molecule is COc1ccc(C)c2sc(N(CCN3CCOCC3)C(=O)c3cccs3)nc12. The highest BCUT2D eigenvalue weighted by Crippen LogP contribution is 2.37. The van der Waals surface area contributed by atoms with E-state index in [1.54, 1.807) is 18.4 Å². The maximum absolute atomic E-state index is 13.2. The van der Waals surface area contributed by atoms with Gasteiger partial charge in [0.1, 0.15) is 11.3 Å². The zero-order chi connectivity index (χ0) is 19.5. The van der Waals surface area contributed by atoms with Crippen molar-refractivity contribution in [1.29, 1.82) is 0 Å². The van der Waals surface area contributed by atoms with Crippen molar-refractivity contribution in [3.05, 3.63) is 40.1 Å². The molecule has 1 fully saturated rings. The minimum atomic E-state index is -0.000986. The Bertz CT molecular complexity index is 949. The Morgan fingerprint density at radius 1 is 1.32 bits per heavy atom. The van der Waals surface area contributed by atoms with E-state index in [0.29, 0.717) is 11.7 Å². The topological polar surface area (TPSA) is 54.9 Å². The van der Waals surface area contributed by atoms with E-state index >= 15 is 0 Å². The van der Waals surface area contributed by atoms with Gasteiger partial charge in [-0.05, 0) is 30.0 Å². The Morgan fingerprint density at radius 3 is 2.86 bits per heavy atom. The summed E-state index contributed by atoms with van der Waals surface area (Å²) < 4.78 is 12.0. The van der Waals surface area contributed by atoms with Crippen molar-refractivity contribution in [2.75, 3.05) is 51.4 Å². The van der Waals surface area contributed by atoms with Gasteiger partial charge in [0.25, 0.3) is 5.91 Å². The molecule has 1 amide bonds. The van der Waals surface area contributed by atoms with Gasteiger partial charge in [0, 0.05) is 26.2 Å². The fourth-order valence-corrected chi connectivity index (χ4v) is 5.01. The summed E-state index contributed by atoms with van der Waals surface area (Å²) in [5, 5.41) is 2.65. The number of carbonyl (C=O) groups is 1. The van der Waals surface area contributed by atoms with E-state index in [2.05, 4.69) is 11.8 Å². The summed E-state index contributed by atoms with van der Waals surface area (Å²) in [6, 6.07) is 7.74. The molecule has 0 radical (unpaired) electrons. The summed E-state index contributed by atoms with van der Waals surface area (Å²) in [7, 11) is 1.65. The number of aromatic nitrogens is 1. The highest BCUT2D eigenvalue weighted by molar-refractivity contribution is 7.22. The van der Waals surface area contributed by atoms with Gasteiger partial charge >= 0.3 is 0 Å². The predicted octanol–water partition coefficient (Wildman–Crippen LogP) is 3.65. The monoisotopic (exact) mass is 417 g/mol. The average molecular weight is 418 g/mol. The van der Waals surface area contributed by atoms with Crippen molar-refractivity contribution < 1.29 is 14.3 Å². The molecule has 1 aliphatic heterocycles. The quantitative estimate of drug-likeness (QED) is 0.613. The third-order valence-electron chi connectivity index (χ3n) is 4.86. The maximum Gasteiger partial charge on any atom is 0.270 e. The second-order valence-electron chi connectivity index (χ2n) is 6.65. The Morgan fingerprint density at radius 2 is 2.14 bits per heavy atom. The molecule has 1 saturated heterocycles. The van der Waals surface area contributed by atoms with Crippen LogP contribution in [0.2, 0.25) is 0 Å². The molecule has 3 aromatic rings. The molecule has 0 N–H and O–H groups in total. The van der Waals surface area contributed by atoms with E-state index in [1.165, 1.54) is 11.3 Å². The number of hydrogen-bond donors (Lipinski definition) is 0. The molecule has 4 rings (SSSR count). The summed E-state index contributed by atoms with van der Waals surface area (Å²) >= 11 is 3.01. The number of thiazole rings is 1. The van der Waals surface area contributed by atoms with Crippen LogP contribution in [0.25, 0.3) is 10.2 Å². The number of amides is 1. The van der Waals surface area contributed by atoms with Crippen LogP contribution in [0.1, 0.15) is 15.2 Å². The van der Waals surface area contributed by atoms with Crippen LogP contribution in [0.4, 0.5) is 5.13 Å². The van der Waals surface area contributed by atoms with Crippen LogP contribution in [0, 0.1) is 6.92 Å². The van der Waals surface area contributed by atoms with Gasteiger partial charge in [-0.15, -0.1) is 11.3 Å². The number of morpholine rings is 1. The number of ether oxygens (including phenoxy) is 2. The van der Waals surface area contributed by atoms with E-state index in [-0.39, 0.29) is 5.91 Å². The molecule has 0 unspecified atom stereocenters. The number of aryl methyl sites for hydroxylation is 1. The lowest BCUT2D eigenvalue weighted by atomic mass is 10.2. The molecule has 0 bridgehead atoms. The van der Waals surface area contributed by atoms with Crippen LogP contribution in [0.3, 0.4) is 0 Å². The van der Waals surface area contributed by atoms with Crippen molar-refractivity contribution >= 4 is 43.9 Å². The second-order valence-corrected chi connectivity index (χ2v) is 8.57. The summed E-state index contributed by atoms with van der Waals surface area (Å²) in [5.41, 5.74) is 1.95. The second kappa shape index (κ2) is 8.57. The summed E-state index contributed by atoms with van der Waals surface area (Å²) in [4.78, 5) is 22.9. The Hall–Kier alpha value is -2.00. The lowest BCUT2D eigenvalue weighted by Gasteiger charge is -2.29. The van der Waals surface area contributed by atoms with Gasteiger partial charge in [0.15, 0.2) is 5.13 Å². The molecule has 2 aromatic heterocycles. The van der Waals surface area contributed by atoms with Crippen molar-refractivity contribution in [3.63, 3.8) is 0 Å². The molecule has 0 saturated carbocycles. The van der Waals surface area contributed by atoms with Crippen LogP contribution in [0.15, 0.2) is 29.6 Å². The molecular formula is C20H23N3O3S2. The highest BCUT2D eigenvalue weighted by Gasteiger charge is 2.24. The third-order valence-corrected chi connectivity index (χ3v) is 6.94. The van der Waals surface area contributed by atoms with Crippen LogP contribution in [-0.2, 0) is 4.74 Å². The van der Waals surface area contributed by atoms with E-state index in [4.69, 9.17) is 14.5 Å². The largest absolute Gasteiger partial charge is 0.494 e. The Kier molecular flexibility index (Phi) is 5.91. The fraction of sp³-hybridized carbons (Fsp3) is 0.400. The number of benzene rings is 1. The first kappa shape index (κ1) is 19.3. The van der Waals surface area contributed by atoms with Crippen molar-refractivity contribution in [2.24, 2.45) is 0 Å². The average Bonchev–Trinajstić information content (AvgIpc) is 3.40.